The number of nitrogens with zero attached hydrogens (tertiary/aromatic N) is 2. The van der Waals surface area contributed by atoms with Crippen molar-refractivity contribution in [3.63, 3.8) is 0 Å². The quantitative estimate of drug-likeness (QED) is 0.784. The molecule has 100 valence electrons. The van der Waals surface area contributed by atoms with E-state index in [0.29, 0.717) is 12.5 Å². The van der Waals surface area contributed by atoms with E-state index in [9.17, 15) is 4.79 Å². The predicted molar refractivity (Wildman–Crippen MR) is 72.5 cm³/mol. The summed E-state index contributed by atoms with van der Waals surface area (Å²) >= 11 is 0. The fraction of sp³-hybridized carbons (Fsp3) is 0.714. The van der Waals surface area contributed by atoms with Crippen LogP contribution in [0.5, 0.6) is 0 Å². The summed E-state index contributed by atoms with van der Waals surface area (Å²) in [6.07, 6.45) is 10.5. The van der Waals surface area contributed by atoms with E-state index < -0.39 is 0 Å². The average Bonchev–Trinajstić information content (AvgIpc) is 2.99. The Labute approximate surface area is 109 Å². The second-order valence-electron chi connectivity index (χ2n) is 5.10. The van der Waals surface area contributed by atoms with E-state index in [-0.39, 0.29) is 5.91 Å². The lowest BCUT2D eigenvalue weighted by atomic mass is 10.2. The van der Waals surface area contributed by atoms with Gasteiger partial charge < -0.3 is 5.32 Å². The first kappa shape index (κ1) is 13.1. The first-order valence-electron chi connectivity index (χ1n) is 7.14. The summed E-state index contributed by atoms with van der Waals surface area (Å²) < 4.78 is 1.99. The molecule has 0 spiro atoms. The van der Waals surface area contributed by atoms with E-state index in [1.807, 2.05) is 10.7 Å². The zero-order chi connectivity index (χ0) is 12.8. The molecule has 1 aromatic rings. The Hall–Kier alpha value is -1.32. The first-order chi connectivity index (χ1) is 8.81. The molecule has 0 saturated heterocycles. The van der Waals surface area contributed by atoms with Crippen molar-refractivity contribution in [2.45, 2.75) is 64.3 Å². The number of amides is 1. The van der Waals surface area contributed by atoms with Crippen LogP contribution in [0.25, 0.3) is 0 Å². The minimum atomic E-state index is 0.114. The van der Waals surface area contributed by atoms with Crippen molar-refractivity contribution in [2.24, 2.45) is 0 Å². The summed E-state index contributed by atoms with van der Waals surface area (Å²) in [6, 6.07) is 2.38. The van der Waals surface area contributed by atoms with Crippen LogP contribution in [0.1, 0.15) is 64.3 Å². The second kappa shape index (κ2) is 6.57. The largest absolute Gasteiger partial charge is 0.311 e. The van der Waals surface area contributed by atoms with E-state index in [1.165, 1.54) is 25.7 Å². The third kappa shape index (κ3) is 3.34. The van der Waals surface area contributed by atoms with E-state index >= 15 is 0 Å². The van der Waals surface area contributed by atoms with E-state index in [1.54, 1.807) is 6.20 Å². The van der Waals surface area contributed by atoms with Gasteiger partial charge in [-0.3, -0.25) is 4.79 Å². The summed E-state index contributed by atoms with van der Waals surface area (Å²) in [7, 11) is 0. The molecule has 1 aliphatic rings. The fourth-order valence-electron chi connectivity index (χ4n) is 2.59. The van der Waals surface area contributed by atoms with Crippen LogP contribution in [0.3, 0.4) is 0 Å². The van der Waals surface area contributed by atoms with Crippen molar-refractivity contribution in [1.82, 2.24) is 9.78 Å². The fourth-order valence-corrected chi connectivity index (χ4v) is 2.59. The van der Waals surface area contributed by atoms with Crippen molar-refractivity contribution in [1.29, 1.82) is 0 Å². The Bertz CT molecular complexity index is 380. The molecule has 1 aromatic heterocycles. The third-order valence-corrected chi connectivity index (χ3v) is 3.62. The molecule has 1 fully saturated rings. The van der Waals surface area contributed by atoms with Gasteiger partial charge in [-0.1, -0.05) is 32.6 Å². The van der Waals surface area contributed by atoms with Crippen molar-refractivity contribution >= 4 is 11.7 Å². The monoisotopic (exact) mass is 249 g/mol. The molecule has 1 amide bonds. The lowest BCUT2D eigenvalue weighted by Gasteiger charge is -2.14. The molecule has 1 heterocycles. The third-order valence-electron chi connectivity index (χ3n) is 3.62. The summed E-state index contributed by atoms with van der Waals surface area (Å²) in [6.45, 7) is 2.15. The zero-order valence-electron chi connectivity index (χ0n) is 11.2. The maximum atomic E-state index is 11.8. The standard InChI is InChI=1S/C14H23N3O/c1-2-3-4-9-14(18)16-13-10-11-15-17(13)12-7-5-6-8-12/h10-12H,2-9H2,1H3,(H,16,18). The molecule has 0 unspecified atom stereocenters. The number of rotatable bonds is 6. The highest BCUT2D eigenvalue weighted by molar-refractivity contribution is 5.89. The summed E-state index contributed by atoms with van der Waals surface area (Å²) in [5.41, 5.74) is 0. The molecule has 0 bridgehead atoms. The SMILES string of the molecule is CCCCCC(=O)Nc1ccnn1C1CCCC1. The van der Waals surface area contributed by atoms with Crippen LogP contribution in [-0.4, -0.2) is 15.7 Å². The van der Waals surface area contributed by atoms with Crippen LogP contribution in [0.2, 0.25) is 0 Å². The maximum absolute atomic E-state index is 11.8. The van der Waals surface area contributed by atoms with Crippen LogP contribution in [0, 0.1) is 0 Å². The molecule has 1 saturated carbocycles. The van der Waals surface area contributed by atoms with Gasteiger partial charge in [0.05, 0.1) is 12.2 Å². The Kier molecular flexibility index (Phi) is 4.79. The van der Waals surface area contributed by atoms with Gasteiger partial charge in [-0.25, -0.2) is 4.68 Å². The minimum absolute atomic E-state index is 0.114. The van der Waals surface area contributed by atoms with Crippen molar-refractivity contribution in [2.75, 3.05) is 5.32 Å². The van der Waals surface area contributed by atoms with Crippen LogP contribution < -0.4 is 5.32 Å². The van der Waals surface area contributed by atoms with Gasteiger partial charge in [0.25, 0.3) is 0 Å². The second-order valence-corrected chi connectivity index (χ2v) is 5.10. The van der Waals surface area contributed by atoms with E-state index in [4.69, 9.17) is 0 Å². The minimum Gasteiger partial charge on any atom is -0.311 e. The number of hydrogen-bond donors (Lipinski definition) is 1. The number of carbonyl (C=O) groups excluding carboxylic acids is 1. The predicted octanol–water partition coefficient (Wildman–Crippen LogP) is 3.52. The molecule has 1 aliphatic carbocycles. The number of carbonyl (C=O) groups is 1. The number of aromatic nitrogens is 2. The molecule has 0 aromatic carbocycles. The smallest absolute Gasteiger partial charge is 0.225 e. The molecule has 0 radical (unpaired) electrons. The highest BCUT2D eigenvalue weighted by Crippen LogP contribution is 2.31. The van der Waals surface area contributed by atoms with Crippen molar-refractivity contribution < 1.29 is 4.79 Å². The van der Waals surface area contributed by atoms with Gasteiger partial charge in [0, 0.05) is 12.5 Å². The summed E-state index contributed by atoms with van der Waals surface area (Å²) in [4.78, 5) is 11.8. The van der Waals surface area contributed by atoms with Crippen LogP contribution >= 0.6 is 0 Å². The van der Waals surface area contributed by atoms with Crippen LogP contribution in [-0.2, 0) is 4.79 Å². The Balaban J connectivity index is 1.88. The van der Waals surface area contributed by atoms with Gasteiger partial charge >= 0.3 is 0 Å². The Morgan fingerprint density at radius 3 is 2.94 bits per heavy atom. The molecule has 1 N–H and O–H groups in total. The van der Waals surface area contributed by atoms with E-state index in [2.05, 4.69) is 17.3 Å². The van der Waals surface area contributed by atoms with Gasteiger partial charge in [0.2, 0.25) is 5.91 Å². The Morgan fingerprint density at radius 2 is 2.22 bits per heavy atom. The highest BCUT2D eigenvalue weighted by atomic mass is 16.1. The molecular weight excluding hydrogens is 226 g/mol. The zero-order valence-corrected chi connectivity index (χ0v) is 11.2. The van der Waals surface area contributed by atoms with Crippen molar-refractivity contribution in [3.8, 4) is 0 Å². The molecule has 2 rings (SSSR count). The van der Waals surface area contributed by atoms with Gasteiger partial charge in [-0.2, -0.15) is 5.10 Å². The van der Waals surface area contributed by atoms with Crippen LogP contribution in [0.4, 0.5) is 5.82 Å². The molecule has 4 nitrogen and oxygen atoms in total. The molecule has 0 aliphatic heterocycles. The average molecular weight is 249 g/mol. The molecule has 18 heavy (non-hydrogen) atoms. The maximum Gasteiger partial charge on any atom is 0.225 e. The lowest BCUT2D eigenvalue weighted by Crippen LogP contribution is -2.17. The van der Waals surface area contributed by atoms with Gasteiger partial charge in [0.1, 0.15) is 5.82 Å². The molecular formula is C14H23N3O. The van der Waals surface area contributed by atoms with Gasteiger partial charge in [-0.15, -0.1) is 0 Å². The lowest BCUT2D eigenvalue weighted by molar-refractivity contribution is -0.116. The normalized spacial score (nSPS) is 16.1. The molecule has 0 atom stereocenters. The number of nitrogens with one attached hydrogen (secondary N) is 1. The molecule has 4 heteroatoms. The summed E-state index contributed by atoms with van der Waals surface area (Å²) in [5.74, 6) is 0.978. The Morgan fingerprint density at radius 1 is 1.44 bits per heavy atom. The van der Waals surface area contributed by atoms with E-state index in [0.717, 1.165) is 25.1 Å². The van der Waals surface area contributed by atoms with Crippen molar-refractivity contribution in [3.05, 3.63) is 12.3 Å². The van der Waals surface area contributed by atoms with Crippen LogP contribution in [0.15, 0.2) is 12.3 Å². The number of unbranched alkanes of at least 4 members (excludes halogenated alkanes) is 2. The first-order valence-corrected chi connectivity index (χ1v) is 7.14. The van der Waals surface area contributed by atoms with Gasteiger partial charge in [0.15, 0.2) is 0 Å². The number of anilines is 1. The highest BCUT2D eigenvalue weighted by Gasteiger charge is 2.20. The number of hydrogen-bond acceptors (Lipinski definition) is 2. The summed E-state index contributed by atoms with van der Waals surface area (Å²) in [5, 5.41) is 7.34. The van der Waals surface area contributed by atoms with Gasteiger partial charge in [-0.05, 0) is 19.3 Å². The topological polar surface area (TPSA) is 46.9 Å².